The molecule has 2 nitrogen and oxygen atoms in total. The Bertz CT molecular complexity index is 372. The Balaban J connectivity index is 2.11. The van der Waals surface area contributed by atoms with E-state index in [0.717, 1.165) is 23.7 Å². The van der Waals surface area contributed by atoms with Crippen LogP contribution < -0.4 is 4.90 Å². The molecular weight excluding hydrogens is 232 g/mol. The van der Waals surface area contributed by atoms with E-state index in [1.807, 2.05) is 13.1 Å². The molecule has 0 bridgehead atoms. The Morgan fingerprint density at radius 2 is 2.12 bits per heavy atom. The average Bonchev–Trinajstić information content (AvgIpc) is 2.81. The molecule has 2 rings (SSSR count). The smallest absolute Gasteiger partial charge is 0.0509 e. The molecule has 1 aromatic rings. The number of pyridine rings is 1. The number of aromatic nitrogens is 1. The van der Waals surface area contributed by atoms with Gasteiger partial charge in [0, 0.05) is 36.7 Å². The van der Waals surface area contributed by atoms with Gasteiger partial charge in [0.2, 0.25) is 0 Å². The van der Waals surface area contributed by atoms with Crippen LogP contribution in [-0.4, -0.2) is 18.6 Å². The minimum absolute atomic E-state index is 0.539. The van der Waals surface area contributed by atoms with Gasteiger partial charge in [-0.25, -0.2) is 0 Å². The van der Waals surface area contributed by atoms with E-state index in [2.05, 4.69) is 23.0 Å². The number of halogens is 1. The van der Waals surface area contributed by atoms with Gasteiger partial charge in [-0.15, -0.1) is 11.6 Å². The maximum absolute atomic E-state index is 5.98. The molecule has 0 aliphatic heterocycles. The zero-order chi connectivity index (χ0) is 12.3. The first kappa shape index (κ1) is 12.7. The molecule has 0 saturated heterocycles. The third-order valence-electron chi connectivity index (χ3n) is 3.66. The Labute approximate surface area is 109 Å². The molecule has 0 radical (unpaired) electrons. The van der Waals surface area contributed by atoms with Gasteiger partial charge in [-0.2, -0.15) is 0 Å². The fourth-order valence-electron chi connectivity index (χ4n) is 2.71. The Morgan fingerprint density at radius 3 is 2.76 bits per heavy atom. The van der Waals surface area contributed by atoms with Gasteiger partial charge in [0.25, 0.3) is 0 Å². The molecule has 1 fully saturated rings. The van der Waals surface area contributed by atoms with E-state index in [0.29, 0.717) is 5.88 Å². The van der Waals surface area contributed by atoms with Gasteiger partial charge in [0.1, 0.15) is 0 Å². The normalized spacial score (nSPS) is 16.4. The molecule has 1 aliphatic rings. The number of hydrogen-bond donors (Lipinski definition) is 0. The highest BCUT2D eigenvalue weighted by molar-refractivity contribution is 6.17. The number of anilines is 1. The van der Waals surface area contributed by atoms with Crippen LogP contribution in [-0.2, 0) is 5.88 Å². The molecule has 0 aromatic carbocycles. The van der Waals surface area contributed by atoms with Crippen molar-refractivity contribution >= 4 is 17.3 Å². The fourth-order valence-corrected chi connectivity index (χ4v) is 2.92. The first-order chi connectivity index (χ1) is 8.20. The summed E-state index contributed by atoms with van der Waals surface area (Å²) in [6, 6.07) is 2.15. The largest absolute Gasteiger partial charge is 0.374 e. The van der Waals surface area contributed by atoms with Crippen molar-refractivity contribution in [3.05, 3.63) is 23.5 Å². The monoisotopic (exact) mass is 252 g/mol. The summed E-state index contributed by atoms with van der Waals surface area (Å²) in [5.41, 5.74) is 3.45. The van der Waals surface area contributed by atoms with Crippen molar-refractivity contribution in [3.8, 4) is 0 Å². The molecule has 1 saturated carbocycles. The summed E-state index contributed by atoms with van der Waals surface area (Å²) >= 11 is 5.98. The molecule has 1 heterocycles. The summed E-state index contributed by atoms with van der Waals surface area (Å²) in [6.07, 6.45) is 7.46. The maximum Gasteiger partial charge on any atom is 0.0509 e. The second kappa shape index (κ2) is 5.72. The average molecular weight is 253 g/mol. The molecule has 3 heteroatoms. The summed E-state index contributed by atoms with van der Waals surface area (Å²) < 4.78 is 0. The summed E-state index contributed by atoms with van der Waals surface area (Å²) in [6.45, 7) is 3.18. The summed E-state index contributed by atoms with van der Waals surface area (Å²) in [7, 11) is 2.17. The van der Waals surface area contributed by atoms with E-state index >= 15 is 0 Å². The van der Waals surface area contributed by atoms with Gasteiger partial charge in [0.15, 0.2) is 0 Å². The number of alkyl halides is 1. The Kier molecular flexibility index (Phi) is 4.27. The van der Waals surface area contributed by atoms with Crippen LogP contribution in [0.1, 0.15) is 36.9 Å². The number of rotatable bonds is 4. The van der Waals surface area contributed by atoms with Gasteiger partial charge in [-0.1, -0.05) is 12.8 Å². The summed E-state index contributed by atoms with van der Waals surface area (Å²) in [5, 5.41) is 0. The van der Waals surface area contributed by atoms with Crippen molar-refractivity contribution in [2.75, 3.05) is 18.5 Å². The van der Waals surface area contributed by atoms with Crippen LogP contribution in [0.15, 0.2) is 12.3 Å². The molecule has 0 unspecified atom stereocenters. The van der Waals surface area contributed by atoms with Gasteiger partial charge in [-0.05, 0) is 31.7 Å². The lowest BCUT2D eigenvalue weighted by molar-refractivity contribution is 0.546. The van der Waals surface area contributed by atoms with Crippen molar-refractivity contribution in [1.29, 1.82) is 0 Å². The summed E-state index contributed by atoms with van der Waals surface area (Å²) in [5.74, 6) is 1.40. The van der Waals surface area contributed by atoms with Crippen LogP contribution in [0.2, 0.25) is 0 Å². The maximum atomic E-state index is 5.98. The molecular formula is C14H21ClN2. The molecule has 0 spiro atoms. The second-order valence-corrected chi connectivity index (χ2v) is 5.39. The Morgan fingerprint density at radius 1 is 1.41 bits per heavy atom. The zero-order valence-corrected chi connectivity index (χ0v) is 11.5. The van der Waals surface area contributed by atoms with Crippen molar-refractivity contribution in [2.24, 2.45) is 5.92 Å². The minimum Gasteiger partial charge on any atom is -0.374 e. The predicted molar refractivity (Wildman–Crippen MR) is 73.8 cm³/mol. The first-order valence-electron chi connectivity index (χ1n) is 6.43. The van der Waals surface area contributed by atoms with Crippen molar-refractivity contribution in [3.63, 3.8) is 0 Å². The van der Waals surface area contributed by atoms with Crippen LogP contribution in [0.3, 0.4) is 0 Å². The molecule has 0 amide bonds. The number of hydrogen-bond acceptors (Lipinski definition) is 2. The highest BCUT2D eigenvalue weighted by Gasteiger charge is 2.18. The van der Waals surface area contributed by atoms with E-state index in [1.165, 1.54) is 31.4 Å². The molecule has 0 N–H and O–H groups in total. The van der Waals surface area contributed by atoms with Gasteiger partial charge in [-0.3, -0.25) is 4.98 Å². The predicted octanol–water partition coefficient (Wildman–Crippen LogP) is 3.76. The van der Waals surface area contributed by atoms with Crippen LogP contribution >= 0.6 is 11.6 Å². The topological polar surface area (TPSA) is 16.1 Å². The molecule has 17 heavy (non-hydrogen) atoms. The molecule has 1 aromatic heterocycles. The quantitative estimate of drug-likeness (QED) is 0.759. The van der Waals surface area contributed by atoms with Crippen molar-refractivity contribution in [2.45, 2.75) is 38.5 Å². The standard InChI is InChI=1S/C14H21ClN2/c1-11-7-14(13(8-15)9-16-11)17(2)10-12-5-3-4-6-12/h7,9,12H,3-6,8,10H2,1-2H3. The highest BCUT2D eigenvalue weighted by atomic mass is 35.5. The lowest BCUT2D eigenvalue weighted by Crippen LogP contribution is -2.25. The van der Waals surface area contributed by atoms with Crippen LogP contribution in [0.5, 0.6) is 0 Å². The van der Waals surface area contributed by atoms with E-state index in [1.54, 1.807) is 0 Å². The van der Waals surface area contributed by atoms with Crippen LogP contribution in [0.4, 0.5) is 5.69 Å². The minimum atomic E-state index is 0.539. The lowest BCUT2D eigenvalue weighted by Gasteiger charge is -2.25. The van der Waals surface area contributed by atoms with E-state index in [4.69, 9.17) is 11.6 Å². The third-order valence-corrected chi connectivity index (χ3v) is 3.95. The van der Waals surface area contributed by atoms with Crippen molar-refractivity contribution in [1.82, 2.24) is 4.98 Å². The van der Waals surface area contributed by atoms with E-state index < -0.39 is 0 Å². The molecule has 94 valence electrons. The fraction of sp³-hybridized carbons (Fsp3) is 0.643. The SMILES string of the molecule is Cc1cc(N(C)CC2CCCC2)c(CCl)cn1. The van der Waals surface area contributed by atoms with Gasteiger partial charge in [0.05, 0.1) is 5.88 Å². The molecule has 0 atom stereocenters. The number of nitrogens with zero attached hydrogens (tertiary/aromatic N) is 2. The van der Waals surface area contributed by atoms with E-state index in [-0.39, 0.29) is 0 Å². The van der Waals surface area contributed by atoms with Crippen LogP contribution in [0, 0.1) is 12.8 Å². The van der Waals surface area contributed by atoms with Crippen LogP contribution in [0.25, 0.3) is 0 Å². The van der Waals surface area contributed by atoms with Gasteiger partial charge < -0.3 is 4.90 Å². The van der Waals surface area contributed by atoms with Crippen molar-refractivity contribution < 1.29 is 0 Å². The second-order valence-electron chi connectivity index (χ2n) is 5.12. The zero-order valence-electron chi connectivity index (χ0n) is 10.7. The molecule has 1 aliphatic carbocycles. The first-order valence-corrected chi connectivity index (χ1v) is 6.96. The van der Waals surface area contributed by atoms with E-state index in [9.17, 15) is 0 Å². The Hall–Kier alpha value is -0.760. The number of aryl methyl sites for hydroxylation is 1. The lowest BCUT2D eigenvalue weighted by atomic mass is 10.1. The highest BCUT2D eigenvalue weighted by Crippen LogP contribution is 2.28. The van der Waals surface area contributed by atoms with Gasteiger partial charge >= 0.3 is 0 Å². The summed E-state index contributed by atoms with van der Waals surface area (Å²) in [4.78, 5) is 6.66. The third kappa shape index (κ3) is 3.12.